The lowest BCUT2D eigenvalue weighted by Gasteiger charge is -2.17. The molecule has 21 heavy (non-hydrogen) atoms. The number of hydrogen-bond donors (Lipinski definition) is 1. The lowest BCUT2D eigenvalue weighted by atomic mass is 10.1. The van der Waals surface area contributed by atoms with Gasteiger partial charge in [-0.1, -0.05) is 23.8 Å². The highest BCUT2D eigenvalue weighted by atomic mass is 16.5. The Morgan fingerprint density at radius 3 is 2.33 bits per heavy atom. The summed E-state index contributed by atoms with van der Waals surface area (Å²) in [6, 6.07) is 11.8. The summed E-state index contributed by atoms with van der Waals surface area (Å²) in [5.74, 6) is 1.48. The number of methoxy groups -OCH3 is 1. The third-order valence-corrected chi connectivity index (χ3v) is 3.48. The van der Waals surface area contributed by atoms with Crippen LogP contribution in [0.15, 0.2) is 36.4 Å². The Morgan fingerprint density at radius 2 is 1.62 bits per heavy atom. The van der Waals surface area contributed by atoms with E-state index in [1.54, 1.807) is 7.11 Å². The van der Waals surface area contributed by atoms with E-state index >= 15 is 0 Å². The quantitative estimate of drug-likeness (QED) is 0.910. The van der Waals surface area contributed by atoms with Crippen LogP contribution in [0.4, 0.5) is 0 Å². The van der Waals surface area contributed by atoms with Crippen LogP contribution in [0.5, 0.6) is 11.5 Å². The van der Waals surface area contributed by atoms with Gasteiger partial charge in [0.2, 0.25) is 0 Å². The van der Waals surface area contributed by atoms with Crippen molar-refractivity contribution in [2.24, 2.45) is 0 Å². The molecule has 1 atom stereocenters. The van der Waals surface area contributed by atoms with Crippen LogP contribution in [0.1, 0.15) is 28.4 Å². The maximum atomic E-state index is 10.4. The fourth-order valence-electron chi connectivity index (χ4n) is 2.24. The maximum absolute atomic E-state index is 10.4. The van der Waals surface area contributed by atoms with Crippen molar-refractivity contribution < 1.29 is 14.6 Å². The van der Waals surface area contributed by atoms with Gasteiger partial charge in [-0.25, -0.2) is 0 Å². The van der Waals surface area contributed by atoms with Crippen LogP contribution in [-0.2, 0) is 0 Å². The van der Waals surface area contributed by atoms with Crippen molar-refractivity contribution in [1.82, 2.24) is 0 Å². The van der Waals surface area contributed by atoms with Crippen LogP contribution in [0, 0.1) is 20.8 Å². The molecule has 0 heterocycles. The molecule has 2 rings (SSSR count). The third-order valence-electron chi connectivity index (χ3n) is 3.48. The Labute approximate surface area is 126 Å². The summed E-state index contributed by atoms with van der Waals surface area (Å²) in [4.78, 5) is 0. The molecule has 2 aromatic rings. The second-order valence-electron chi connectivity index (χ2n) is 5.34. The summed E-state index contributed by atoms with van der Waals surface area (Å²) >= 11 is 0. The first-order valence-corrected chi connectivity index (χ1v) is 7.04. The molecule has 1 unspecified atom stereocenters. The van der Waals surface area contributed by atoms with Gasteiger partial charge in [0.15, 0.2) is 0 Å². The second-order valence-corrected chi connectivity index (χ2v) is 5.34. The molecule has 112 valence electrons. The highest BCUT2D eigenvalue weighted by Crippen LogP contribution is 2.27. The zero-order valence-corrected chi connectivity index (χ0v) is 13.0. The van der Waals surface area contributed by atoms with Crippen LogP contribution in [0.2, 0.25) is 0 Å². The molecule has 0 saturated carbocycles. The van der Waals surface area contributed by atoms with E-state index in [9.17, 15) is 5.11 Å². The fraction of sp³-hybridized carbons (Fsp3) is 0.333. The summed E-state index contributed by atoms with van der Waals surface area (Å²) in [5, 5.41) is 10.4. The van der Waals surface area contributed by atoms with E-state index in [-0.39, 0.29) is 6.61 Å². The molecule has 0 spiro atoms. The molecule has 0 fully saturated rings. The minimum Gasteiger partial charge on any atom is -0.496 e. The Bertz CT molecular complexity index is 620. The topological polar surface area (TPSA) is 38.7 Å². The van der Waals surface area contributed by atoms with Gasteiger partial charge in [0.05, 0.1) is 7.11 Å². The van der Waals surface area contributed by atoms with Gasteiger partial charge in [-0.3, -0.25) is 0 Å². The van der Waals surface area contributed by atoms with E-state index in [0.717, 1.165) is 28.0 Å². The van der Waals surface area contributed by atoms with Crippen LogP contribution >= 0.6 is 0 Å². The van der Waals surface area contributed by atoms with Gasteiger partial charge in [-0.05, 0) is 50.1 Å². The number of aliphatic hydroxyl groups excluding tert-OH is 1. The molecule has 0 aliphatic heterocycles. The van der Waals surface area contributed by atoms with Gasteiger partial charge in [0.25, 0.3) is 0 Å². The SMILES string of the molecule is COc1ccc(C)cc1C(O)COc1cc(C)ccc1C. The number of aliphatic hydroxyl groups is 1. The summed E-state index contributed by atoms with van der Waals surface area (Å²) in [6.45, 7) is 6.20. The van der Waals surface area contributed by atoms with Crippen LogP contribution in [0.3, 0.4) is 0 Å². The predicted molar refractivity (Wildman–Crippen MR) is 84.1 cm³/mol. The first-order valence-electron chi connectivity index (χ1n) is 7.04. The molecule has 0 bridgehead atoms. The number of aryl methyl sites for hydroxylation is 3. The average Bonchev–Trinajstić information content (AvgIpc) is 2.47. The zero-order chi connectivity index (χ0) is 15.4. The molecule has 2 aromatic carbocycles. The minimum atomic E-state index is -0.722. The lowest BCUT2D eigenvalue weighted by molar-refractivity contribution is 0.105. The van der Waals surface area contributed by atoms with Gasteiger partial charge in [-0.2, -0.15) is 0 Å². The Hall–Kier alpha value is -2.00. The van der Waals surface area contributed by atoms with Gasteiger partial charge in [0, 0.05) is 5.56 Å². The standard InChI is InChI=1S/C18H22O3/c1-12-6-8-17(20-4)15(9-12)16(19)11-21-18-10-13(2)5-7-14(18)3/h5-10,16,19H,11H2,1-4H3. The average molecular weight is 286 g/mol. The van der Waals surface area contributed by atoms with Crippen molar-refractivity contribution in [3.63, 3.8) is 0 Å². The van der Waals surface area contributed by atoms with E-state index in [4.69, 9.17) is 9.47 Å². The molecule has 0 aliphatic carbocycles. The summed E-state index contributed by atoms with van der Waals surface area (Å²) in [6.07, 6.45) is -0.722. The summed E-state index contributed by atoms with van der Waals surface area (Å²) in [5.41, 5.74) is 4.03. The van der Waals surface area contributed by atoms with E-state index < -0.39 is 6.10 Å². The molecule has 3 nitrogen and oxygen atoms in total. The van der Waals surface area contributed by atoms with Gasteiger partial charge in [-0.15, -0.1) is 0 Å². The largest absolute Gasteiger partial charge is 0.496 e. The van der Waals surface area contributed by atoms with Crippen molar-refractivity contribution in [2.75, 3.05) is 13.7 Å². The molecule has 0 aromatic heterocycles. The van der Waals surface area contributed by atoms with Gasteiger partial charge in [0.1, 0.15) is 24.2 Å². The Balaban J connectivity index is 2.13. The van der Waals surface area contributed by atoms with Crippen LogP contribution < -0.4 is 9.47 Å². The molecule has 0 amide bonds. The van der Waals surface area contributed by atoms with E-state index in [0.29, 0.717) is 5.75 Å². The van der Waals surface area contributed by atoms with Crippen molar-refractivity contribution >= 4 is 0 Å². The fourth-order valence-corrected chi connectivity index (χ4v) is 2.24. The Kier molecular flexibility index (Phi) is 4.86. The molecular formula is C18H22O3. The van der Waals surface area contributed by atoms with Crippen molar-refractivity contribution in [1.29, 1.82) is 0 Å². The third kappa shape index (κ3) is 3.76. The van der Waals surface area contributed by atoms with Gasteiger partial charge >= 0.3 is 0 Å². The molecule has 0 radical (unpaired) electrons. The number of benzene rings is 2. The maximum Gasteiger partial charge on any atom is 0.124 e. The molecule has 3 heteroatoms. The summed E-state index contributed by atoms with van der Waals surface area (Å²) in [7, 11) is 1.60. The van der Waals surface area contributed by atoms with E-state index in [1.807, 2.05) is 57.2 Å². The number of rotatable bonds is 5. The monoisotopic (exact) mass is 286 g/mol. The molecular weight excluding hydrogens is 264 g/mol. The Morgan fingerprint density at radius 1 is 0.952 bits per heavy atom. The first-order chi connectivity index (χ1) is 10.0. The van der Waals surface area contributed by atoms with Crippen LogP contribution in [-0.4, -0.2) is 18.8 Å². The van der Waals surface area contributed by atoms with E-state index in [2.05, 4.69) is 0 Å². The highest BCUT2D eigenvalue weighted by Gasteiger charge is 2.15. The molecule has 1 N–H and O–H groups in total. The van der Waals surface area contributed by atoms with Crippen molar-refractivity contribution in [3.8, 4) is 11.5 Å². The van der Waals surface area contributed by atoms with Gasteiger partial charge < -0.3 is 14.6 Å². The molecule has 0 aliphatic rings. The van der Waals surface area contributed by atoms with Crippen molar-refractivity contribution in [3.05, 3.63) is 58.7 Å². The normalized spacial score (nSPS) is 12.0. The molecule has 0 saturated heterocycles. The zero-order valence-electron chi connectivity index (χ0n) is 13.0. The predicted octanol–water partition coefficient (Wildman–Crippen LogP) is 3.73. The minimum absolute atomic E-state index is 0.199. The number of hydrogen-bond acceptors (Lipinski definition) is 3. The second kappa shape index (κ2) is 6.64. The summed E-state index contributed by atoms with van der Waals surface area (Å²) < 4.78 is 11.1. The lowest BCUT2D eigenvalue weighted by Crippen LogP contribution is -2.11. The highest BCUT2D eigenvalue weighted by molar-refractivity contribution is 5.39. The van der Waals surface area contributed by atoms with Crippen LogP contribution in [0.25, 0.3) is 0 Å². The smallest absolute Gasteiger partial charge is 0.124 e. The first kappa shape index (κ1) is 15.4. The number of ether oxygens (including phenoxy) is 2. The van der Waals surface area contributed by atoms with E-state index in [1.165, 1.54) is 0 Å². The van der Waals surface area contributed by atoms with Crippen molar-refractivity contribution in [2.45, 2.75) is 26.9 Å².